The Kier molecular flexibility index (Phi) is 9.31. The number of pyridine rings is 1. The maximum absolute atomic E-state index is 13.4. The molecule has 0 aromatic carbocycles. The number of carbonyl (C=O) groups excluding carboxylic acids is 1. The SMILES string of the molecule is CCn1nc(C(=O)NC[C@@]2(O)CC[C@H](C)C[C@@H]2O)c(Cl)c1-c1cnc(CC(C)(C)C(F)F)cc1OC(F)F. The van der Waals surface area contributed by atoms with Gasteiger partial charge in [-0.1, -0.05) is 32.4 Å². The van der Waals surface area contributed by atoms with Gasteiger partial charge in [0.2, 0.25) is 6.43 Å². The minimum Gasteiger partial charge on any atom is -0.434 e. The predicted molar refractivity (Wildman–Crippen MR) is 133 cm³/mol. The van der Waals surface area contributed by atoms with Crippen molar-refractivity contribution in [1.82, 2.24) is 20.1 Å². The standard InChI is InChI=1S/C25H33ClF4N4O4/c1-5-34-20(15-11-31-14(9-16(15)38-23(29)30)10-24(3,4)22(27)28)18(26)19(33-34)21(36)32-12-25(37)7-6-13(2)8-17(25)35/h9,11,13,17,22-23,35,37H,5-8,10,12H2,1-4H3,(H,32,36)/t13-,17-,25-/m0/s1. The highest BCUT2D eigenvalue weighted by Crippen LogP contribution is 2.39. The Hall–Kier alpha value is -2.44. The van der Waals surface area contributed by atoms with E-state index in [1.54, 1.807) is 6.92 Å². The predicted octanol–water partition coefficient (Wildman–Crippen LogP) is 4.70. The van der Waals surface area contributed by atoms with E-state index in [1.807, 2.05) is 6.92 Å². The van der Waals surface area contributed by atoms with Crippen LogP contribution in [0.15, 0.2) is 12.3 Å². The van der Waals surface area contributed by atoms with E-state index in [2.05, 4.69) is 20.1 Å². The van der Waals surface area contributed by atoms with Crippen molar-refractivity contribution in [3.8, 4) is 17.0 Å². The van der Waals surface area contributed by atoms with Gasteiger partial charge in [-0.05, 0) is 32.1 Å². The van der Waals surface area contributed by atoms with Crippen LogP contribution in [0.5, 0.6) is 5.75 Å². The second kappa shape index (κ2) is 11.7. The van der Waals surface area contributed by atoms with Crippen molar-refractivity contribution in [2.45, 2.75) is 84.7 Å². The van der Waals surface area contributed by atoms with Gasteiger partial charge in [0.1, 0.15) is 11.4 Å². The Balaban J connectivity index is 1.93. The molecule has 2 aromatic rings. The van der Waals surface area contributed by atoms with E-state index < -0.39 is 36.1 Å². The van der Waals surface area contributed by atoms with Gasteiger partial charge in [-0.3, -0.25) is 14.5 Å². The third-order valence-electron chi connectivity index (χ3n) is 6.90. The third-order valence-corrected chi connectivity index (χ3v) is 7.26. The maximum atomic E-state index is 13.4. The first-order chi connectivity index (χ1) is 17.7. The minimum absolute atomic E-state index is 0.00220. The quantitative estimate of drug-likeness (QED) is 0.361. The lowest BCUT2D eigenvalue weighted by Crippen LogP contribution is -2.54. The number of alkyl halides is 4. The van der Waals surface area contributed by atoms with Crippen LogP contribution in [0.1, 0.15) is 63.1 Å². The van der Waals surface area contributed by atoms with Crippen molar-refractivity contribution in [3.05, 3.63) is 28.7 Å². The van der Waals surface area contributed by atoms with E-state index in [0.717, 1.165) is 6.07 Å². The first-order valence-corrected chi connectivity index (χ1v) is 12.7. The molecule has 0 bridgehead atoms. The Morgan fingerprint density at radius 1 is 1.37 bits per heavy atom. The van der Waals surface area contributed by atoms with Crippen LogP contribution in [-0.4, -0.2) is 62.2 Å². The number of amides is 1. The van der Waals surface area contributed by atoms with Gasteiger partial charge in [0.25, 0.3) is 5.91 Å². The summed E-state index contributed by atoms with van der Waals surface area (Å²) in [5, 5.41) is 27.7. The number of nitrogens with zero attached hydrogens (tertiary/aromatic N) is 3. The number of hydrogen-bond donors (Lipinski definition) is 3. The van der Waals surface area contributed by atoms with Crippen molar-refractivity contribution in [1.29, 1.82) is 0 Å². The molecule has 13 heteroatoms. The molecule has 1 aliphatic carbocycles. The van der Waals surface area contributed by atoms with E-state index in [-0.39, 0.29) is 58.8 Å². The fourth-order valence-electron chi connectivity index (χ4n) is 4.47. The highest BCUT2D eigenvalue weighted by atomic mass is 35.5. The van der Waals surface area contributed by atoms with Crippen LogP contribution in [0.4, 0.5) is 17.6 Å². The zero-order valence-electron chi connectivity index (χ0n) is 21.6. The lowest BCUT2D eigenvalue weighted by molar-refractivity contribution is -0.106. The van der Waals surface area contributed by atoms with Gasteiger partial charge in [0.15, 0.2) is 5.69 Å². The van der Waals surface area contributed by atoms with Crippen molar-refractivity contribution in [2.24, 2.45) is 11.3 Å². The largest absolute Gasteiger partial charge is 0.434 e. The van der Waals surface area contributed by atoms with Crippen LogP contribution in [0.25, 0.3) is 11.3 Å². The van der Waals surface area contributed by atoms with E-state index in [0.29, 0.717) is 19.3 Å². The Labute approximate surface area is 223 Å². The summed E-state index contributed by atoms with van der Waals surface area (Å²) in [6, 6.07) is 1.15. The molecular formula is C25H33ClF4N4O4. The number of halogens is 5. The topological polar surface area (TPSA) is 110 Å². The second-order valence-corrected chi connectivity index (χ2v) is 10.9. The fraction of sp³-hybridized carbons (Fsp3) is 0.640. The minimum atomic E-state index is -3.22. The van der Waals surface area contributed by atoms with Crippen molar-refractivity contribution in [3.63, 3.8) is 0 Å². The van der Waals surface area contributed by atoms with E-state index in [4.69, 9.17) is 11.6 Å². The van der Waals surface area contributed by atoms with Gasteiger partial charge in [0.05, 0.1) is 22.4 Å². The van der Waals surface area contributed by atoms with Gasteiger partial charge in [-0.15, -0.1) is 0 Å². The van der Waals surface area contributed by atoms with Crippen LogP contribution >= 0.6 is 11.6 Å². The molecule has 3 N–H and O–H groups in total. The highest BCUT2D eigenvalue weighted by Gasteiger charge is 2.40. The molecule has 3 rings (SSSR count). The highest BCUT2D eigenvalue weighted by molar-refractivity contribution is 6.36. The van der Waals surface area contributed by atoms with Crippen LogP contribution in [0.3, 0.4) is 0 Å². The van der Waals surface area contributed by atoms with E-state index in [1.165, 1.54) is 24.7 Å². The Morgan fingerprint density at radius 2 is 2.05 bits per heavy atom. The van der Waals surface area contributed by atoms with Crippen molar-refractivity contribution < 1.29 is 37.3 Å². The van der Waals surface area contributed by atoms with Gasteiger partial charge in [0, 0.05) is 42.9 Å². The summed E-state index contributed by atoms with van der Waals surface area (Å²) < 4.78 is 59.2. The molecule has 0 radical (unpaired) electrons. The van der Waals surface area contributed by atoms with Crippen LogP contribution < -0.4 is 10.1 Å². The lowest BCUT2D eigenvalue weighted by Gasteiger charge is -2.39. The molecule has 8 nitrogen and oxygen atoms in total. The molecule has 1 fully saturated rings. The molecule has 212 valence electrons. The summed E-state index contributed by atoms with van der Waals surface area (Å²) in [5.41, 5.74) is -3.00. The molecule has 1 amide bonds. The third kappa shape index (κ3) is 6.58. The molecule has 2 heterocycles. The summed E-state index contributed by atoms with van der Waals surface area (Å²) in [6.07, 6.45) is -1.33. The number of aliphatic hydroxyl groups excluding tert-OH is 1. The molecule has 2 aromatic heterocycles. The Morgan fingerprint density at radius 3 is 2.63 bits per heavy atom. The lowest BCUT2D eigenvalue weighted by atomic mass is 9.77. The number of aryl methyl sites for hydroxylation is 1. The number of ether oxygens (including phenoxy) is 1. The summed E-state index contributed by atoms with van der Waals surface area (Å²) in [6.45, 7) is 3.05. The molecule has 0 spiro atoms. The number of rotatable bonds is 10. The number of carbonyl (C=O) groups is 1. The van der Waals surface area contributed by atoms with E-state index >= 15 is 0 Å². The first-order valence-electron chi connectivity index (χ1n) is 12.4. The number of nitrogens with one attached hydrogen (secondary N) is 1. The van der Waals surface area contributed by atoms with Gasteiger partial charge in [-0.2, -0.15) is 13.9 Å². The molecule has 3 atom stereocenters. The molecule has 0 saturated heterocycles. The summed E-state index contributed by atoms with van der Waals surface area (Å²) in [5.74, 6) is -0.848. The molecular weight excluding hydrogens is 532 g/mol. The fourth-order valence-corrected chi connectivity index (χ4v) is 4.79. The van der Waals surface area contributed by atoms with Crippen LogP contribution in [0.2, 0.25) is 5.02 Å². The zero-order valence-corrected chi connectivity index (χ0v) is 22.4. The summed E-state index contributed by atoms with van der Waals surface area (Å²) in [7, 11) is 0. The zero-order chi connectivity index (χ0) is 28.4. The summed E-state index contributed by atoms with van der Waals surface area (Å²) >= 11 is 6.51. The number of hydrogen-bond acceptors (Lipinski definition) is 6. The van der Waals surface area contributed by atoms with Crippen LogP contribution in [0, 0.1) is 11.3 Å². The maximum Gasteiger partial charge on any atom is 0.387 e. The van der Waals surface area contributed by atoms with Crippen molar-refractivity contribution in [2.75, 3.05) is 6.54 Å². The molecule has 38 heavy (non-hydrogen) atoms. The van der Waals surface area contributed by atoms with E-state index in [9.17, 15) is 32.6 Å². The average Bonchev–Trinajstić information content (AvgIpc) is 3.16. The van der Waals surface area contributed by atoms with Crippen LogP contribution in [-0.2, 0) is 13.0 Å². The monoisotopic (exact) mass is 564 g/mol. The molecule has 1 saturated carbocycles. The summed E-state index contributed by atoms with van der Waals surface area (Å²) in [4.78, 5) is 17.1. The normalized spacial score (nSPS) is 22.2. The van der Waals surface area contributed by atoms with Gasteiger partial charge in [-0.25, -0.2) is 8.78 Å². The molecule has 0 unspecified atom stereocenters. The Bertz CT molecular complexity index is 1150. The number of aromatic nitrogens is 3. The first kappa shape index (κ1) is 30.1. The number of aliphatic hydroxyl groups is 2. The van der Waals surface area contributed by atoms with Crippen molar-refractivity contribution >= 4 is 17.5 Å². The van der Waals surface area contributed by atoms with Gasteiger partial charge < -0.3 is 20.3 Å². The smallest absolute Gasteiger partial charge is 0.387 e. The van der Waals surface area contributed by atoms with Gasteiger partial charge >= 0.3 is 6.61 Å². The molecule has 0 aliphatic heterocycles. The second-order valence-electron chi connectivity index (χ2n) is 10.5. The average molecular weight is 565 g/mol. The molecule has 1 aliphatic rings.